The van der Waals surface area contributed by atoms with Gasteiger partial charge in [-0.2, -0.15) is 0 Å². The number of rotatable bonds is 9. The number of carbonyl (C=O) groups is 1. The van der Waals surface area contributed by atoms with Crippen LogP contribution in [-0.4, -0.2) is 37.1 Å². The summed E-state index contributed by atoms with van der Waals surface area (Å²) in [6.45, 7) is 3.78. The summed E-state index contributed by atoms with van der Waals surface area (Å²) in [7, 11) is 1.48. The minimum Gasteiger partial charge on any atom is -0.468 e. The molecule has 0 heterocycles. The van der Waals surface area contributed by atoms with Gasteiger partial charge in [-0.25, -0.2) is 0 Å². The Kier molecular flexibility index (Phi) is 8.06. The molecule has 0 aromatic rings. The highest BCUT2D eigenvalue weighted by Crippen LogP contribution is 2.23. The quantitative estimate of drug-likeness (QED) is 0.467. The molecule has 1 saturated carbocycles. The highest BCUT2D eigenvalue weighted by molar-refractivity contribution is 5.71. The summed E-state index contributed by atoms with van der Waals surface area (Å²) in [4.78, 5) is 13.8. The Hall–Kier alpha value is -0.570. The smallest absolute Gasteiger partial charge is 0.319 e. The summed E-state index contributed by atoms with van der Waals surface area (Å²) in [5.41, 5.74) is 0. The second kappa shape index (κ2) is 9.37. The number of unbranched alkanes of at least 4 members (excludes halogenated alkanes) is 4. The van der Waals surface area contributed by atoms with Crippen LogP contribution in [0.5, 0.6) is 0 Å². The van der Waals surface area contributed by atoms with Crippen molar-refractivity contribution in [2.45, 2.75) is 70.8 Å². The van der Waals surface area contributed by atoms with Gasteiger partial charge in [0.15, 0.2) is 0 Å². The normalized spacial score (nSPS) is 16.4. The molecule has 0 aliphatic heterocycles. The highest BCUT2D eigenvalue weighted by atomic mass is 16.5. The van der Waals surface area contributed by atoms with E-state index in [4.69, 9.17) is 4.74 Å². The third-order valence-electron chi connectivity index (χ3n) is 3.95. The molecule has 0 saturated heterocycles. The lowest BCUT2D eigenvalue weighted by Gasteiger charge is -2.27. The van der Waals surface area contributed by atoms with Gasteiger partial charge >= 0.3 is 5.97 Å². The fourth-order valence-electron chi connectivity index (χ4n) is 2.81. The van der Waals surface area contributed by atoms with Crippen LogP contribution in [0.25, 0.3) is 0 Å². The topological polar surface area (TPSA) is 29.5 Å². The first-order valence-corrected chi connectivity index (χ1v) is 7.58. The first-order valence-electron chi connectivity index (χ1n) is 7.58. The summed E-state index contributed by atoms with van der Waals surface area (Å²) in [6, 6.07) is 0.621. The van der Waals surface area contributed by atoms with Gasteiger partial charge in [0.2, 0.25) is 0 Å². The third-order valence-corrected chi connectivity index (χ3v) is 3.95. The number of esters is 1. The van der Waals surface area contributed by atoms with E-state index in [9.17, 15) is 4.79 Å². The molecule has 0 spiro atoms. The lowest BCUT2D eigenvalue weighted by atomic mass is 10.1. The molecular formula is C15H29NO2. The van der Waals surface area contributed by atoms with E-state index in [2.05, 4.69) is 11.8 Å². The molecule has 0 atom stereocenters. The van der Waals surface area contributed by atoms with Crippen LogP contribution >= 0.6 is 0 Å². The maximum Gasteiger partial charge on any atom is 0.319 e. The molecule has 0 N–H and O–H groups in total. The summed E-state index contributed by atoms with van der Waals surface area (Å²) < 4.78 is 4.80. The van der Waals surface area contributed by atoms with Crippen LogP contribution in [0.4, 0.5) is 0 Å². The standard InChI is InChI=1S/C15H29NO2/c1-3-4-5-6-9-12-16(13-15(17)18-2)14-10-7-8-11-14/h14H,3-13H2,1-2H3. The van der Waals surface area contributed by atoms with Crippen molar-refractivity contribution >= 4 is 5.97 Å². The van der Waals surface area contributed by atoms with Crippen molar-refractivity contribution in [2.75, 3.05) is 20.2 Å². The van der Waals surface area contributed by atoms with Crippen LogP contribution < -0.4 is 0 Å². The fourth-order valence-corrected chi connectivity index (χ4v) is 2.81. The third kappa shape index (κ3) is 5.85. The van der Waals surface area contributed by atoms with Gasteiger partial charge < -0.3 is 4.74 Å². The van der Waals surface area contributed by atoms with Crippen molar-refractivity contribution in [1.82, 2.24) is 4.90 Å². The fraction of sp³-hybridized carbons (Fsp3) is 0.933. The zero-order valence-electron chi connectivity index (χ0n) is 12.1. The molecule has 0 aromatic carbocycles. The van der Waals surface area contributed by atoms with Crippen LogP contribution in [0, 0.1) is 0 Å². The molecular weight excluding hydrogens is 226 g/mol. The average molecular weight is 255 g/mol. The largest absolute Gasteiger partial charge is 0.468 e. The van der Waals surface area contributed by atoms with Gasteiger partial charge in [-0.3, -0.25) is 9.69 Å². The van der Waals surface area contributed by atoms with Crippen LogP contribution in [0.3, 0.4) is 0 Å². The number of nitrogens with zero attached hydrogens (tertiary/aromatic N) is 1. The van der Waals surface area contributed by atoms with Crippen LogP contribution in [-0.2, 0) is 9.53 Å². The Balaban J connectivity index is 2.27. The maximum absolute atomic E-state index is 11.5. The lowest BCUT2D eigenvalue weighted by Crippen LogP contribution is -2.38. The second-order valence-corrected chi connectivity index (χ2v) is 5.40. The van der Waals surface area contributed by atoms with E-state index in [0.717, 1.165) is 6.54 Å². The van der Waals surface area contributed by atoms with Gasteiger partial charge in [-0.05, 0) is 25.8 Å². The van der Waals surface area contributed by atoms with Gasteiger partial charge in [-0.15, -0.1) is 0 Å². The van der Waals surface area contributed by atoms with E-state index in [1.54, 1.807) is 0 Å². The lowest BCUT2D eigenvalue weighted by molar-refractivity contribution is -0.142. The van der Waals surface area contributed by atoms with E-state index in [1.165, 1.54) is 64.9 Å². The molecule has 1 fully saturated rings. The predicted octanol–water partition coefficient (Wildman–Crippen LogP) is 3.37. The molecule has 3 heteroatoms. The average Bonchev–Trinajstić information content (AvgIpc) is 2.90. The Morgan fingerprint density at radius 2 is 1.83 bits per heavy atom. The van der Waals surface area contributed by atoms with Crippen molar-refractivity contribution in [3.05, 3.63) is 0 Å². The van der Waals surface area contributed by atoms with E-state index in [1.807, 2.05) is 0 Å². The minimum absolute atomic E-state index is 0.0875. The molecule has 0 radical (unpaired) electrons. The van der Waals surface area contributed by atoms with E-state index >= 15 is 0 Å². The van der Waals surface area contributed by atoms with Crippen molar-refractivity contribution in [3.63, 3.8) is 0 Å². The molecule has 0 amide bonds. The molecule has 3 nitrogen and oxygen atoms in total. The molecule has 106 valence electrons. The first kappa shape index (κ1) is 15.5. The van der Waals surface area contributed by atoms with Gasteiger partial charge in [0.1, 0.15) is 0 Å². The monoisotopic (exact) mass is 255 g/mol. The second-order valence-electron chi connectivity index (χ2n) is 5.40. The van der Waals surface area contributed by atoms with Crippen LogP contribution in [0.15, 0.2) is 0 Å². The van der Waals surface area contributed by atoms with Gasteiger partial charge in [0, 0.05) is 6.04 Å². The van der Waals surface area contributed by atoms with Gasteiger partial charge in [0.25, 0.3) is 0 Å². The summed E-state index contributed by atoms with van der Waals surface area (Å²) >= 11 is 0. The SMILES string of the molecule is CCCCCCCN(CC(=O)OC)C1CCCC1. The van der Waals surface area contributed by atoms with Gasteiger partial charge in [-0.1, -0.05) is 45.4 Å². The summed E-state index contributed by atoms with van der Waals surface area (Å²) in [5.74, 6) is -0.0875. The molecule has 0 unspecified atom stereocenters. The molecule has 0 bridgehead atoms. The van der Waals surface area contributed by atoms with Crippen molar-refractivity contribution in [2.24, 2.45) is 0 Å². The number of hydrogen-bond acceptors (Lipinski definition) is 3. The molecule has 18 heavy (non-hydrogen) atoms. The van der Waals surface area contributed by atoms with Crippen molar-refractivity contribution in [3.8, 4) is 0 Å². The molecule has 1 aliphatic rings. The number of carbonyl (C=O) groups excluding carboxylic acids is 1. The zero-order valence-corrected chi connectivity index (χ0v) is 12.1. The highest BCUT2D eigenvalue weighted by Gasteiger charge is 2.24. The Morgan fingerprint density at radius 1 is 1.17 bits per heavy atom. The zero-order chi connectivity index (χ0) is 13.2. The van der Waals surface area contributed by atoms with E-state index in [-0.39, 0.29) is 5.97 Å². The molecule has 1 rings (SSSR count). The van der Waals surface area contributed by atoms with E-state index in [0.29, 0.717) is 12.6 Å². The Morgan fingerprint density at radius 3 is 2.44 bits per heavy atom. The summed E-state index contributed by atoms with van der Waals surface area (Å²) in [5, 5.41) is 0. The number of methoxy groups -OCH3 is 1. The Bertz CT molecular complexity index is 225. The van der Waals surface area contributed by atoms with Crippen molar-refractivity contribution < 1.29 is 9.53 Å². The Labute approximate surface area is 112 Å². The number of hydrogen-bond donors (Lipinski definition) is 0. The van der Waals surface area contributed by atoms with Crippen molar-refractivity contribution in [1.29, 1.82) is 0 Å². The van der Waals surface area contributed by atoms with Crippen LogP contribution in [0.2, 0.25) is 0 Å². The summed E-state index contributed by atoms with van der Waals surface area (Å²) in [6.07, 6.45) is 11.6. The molecule has 1 aliphatic carbocycles. The minimum atomic E-state index is -0.0875. The van der Waals surface area contributed by atoms with E-state index < -0.39 is 0 Å². The maximum atomic E-state index is 11.5. The van der Waals surface area contributed by atoms with Crippen LogP contribution in [0.1, 0.15) is 64.7 Å². The number of ether oxygens (including phenoxy) is 1. The first-order chi connectivity index (χ1) is 8.77. The molecule has 0 aromatic heterocycles. The predicted molar refractivity (Wildman–Crippen MR) is 74.6 cm³/mol. The van der Waals surface area contributed by atoms with Gasteiger partial charge in [0.05, 0.1) is 13.7 Å².